The van der Waals surface area contributed by atoms with Crippen LogP contribution in [0.25, 0.3) is 0 Å². The molecule has 1 aliphatic rings. The maximum absolute atomic E-state index is 12.6. The summed E-state index contributed by atoms with van der Waals surface area (Å²) in [4.78, 5) is 0. The lowest BCUT2D eigenvalue weighted by molar-refractivity contribution is -0.137. The van der Waals surface area contributed by atoms with Crippen LogP contribution in [0.4, 0.5) is 18.9 Å². The summed E-state index contributed by atoms with van der Waals surface area (Å²) in [5, 5.41) is -0.720. The van der Waals surface area contributed by atoms with E-state index in [-0.39, 0.29) is 18.8 Å². The fourth-order valence-corrected chi connectivity index (χ4v) is 3.84. The highest BCUT2D eigenvalue weighted by molar-refractivity contribution is 7.93. The molecule has 4 nitrogen and oxygen atoms in total. The van der Waals surface area contributed by atoms with E-state index in [2.05, 4.69) is 0 Å². The van der Waals surface area contributed by atoms with E-state index in [1.807, 2.05) is 0 Å². The number of hydrogen-bond acceptors (Lipinski definition) is 3. The predicted octanol–water partition coefficient (Wildman–Crippen LogP) is 1.57. The zero-order valence-electron chi connectivity index (χ0n) is 9.89. The Kier molecular flexibility index (Phi) is 3.48. The molecule has 0 saturated carbocycles. The normalized spacial score (nSPS) is 22.7. The summed E-state index contributed by atoms with van der Waals surface area (Å²) in [6, 6.07) is 4.30. The zero-order valence-corrected chi connectivity index (χ0v) is 10.7. The summed E-state index contributed by atoms with van der Waals surface area (Å²) in [7, 11) is -3.65. The summed E-state index contributed by atoms with van der Waals surface area (Å²) in [5.41, 5.74) is 4.53. The molecule has 1 aromatic carbocycles. The molecule has 0 bridgehead atoms. The van der Waals surface area contributed by atoms with Crippen LogP contribution in [0.5, 0.6) is 0 Å². The van der Waals surface area contributed by atoms with Crippen molar-refractivity contribution in [3.05, 3.63) is 29.8 Å². The van der Waals surface area contributed by atoms with Crippen LogP contribution in [0.3, 0.4) is 0 Å². The molecule has 8 heteroatoms. The number of anilines is 1. The van der Waals surface area contributed by atoms with Crippen LogP contribution in [-0.2, 0) is 16.2 Å². The monoisotopic (exact) mass is 294 g/mol. The van der Waals surface area contributed by atoms with Gasteiger partial charge in [-0.25, -0.2) is 8.42 Å². The van der Waals surface area contributed by atoms with Crippen molar-refractivity contribution in [2.75, 3.05) is 17.4 Å². The Morgan fingerprint density at radius 3 is 2.58 bits per heavy atom. The molecule has 1 heterocycles. The van der Waals surface area contributed by atoms with Crippen molar-refractivity contribution in [2.24, 2.45) is 5.73 Å². The Hall–Kier alpha value is -1.28. The third-order valence-corrected chi connectivity index (χ3v) is 5.39. The van der Waals surface area contributed by atoms with E-state index in [9.17, 15) is 21.6 Å². The van der Waals surface area contributed by atoms with Crippen LogP contribution in [-0.4, -0.2) is 26.8 Å². The summed E-state index contributed by atoms with van der Waals surface area (Å²) in [6.45, 7) is 0.128. The van der Waals surface area contributed by atoms with Gasteiger partial charge in [-0.2, -0.15) is 13.2 Å². The molecular weight excluding hydrogens is 281 g/mol. The number of halogens is 3. The standard InChI is InChI=1S/C11H13F3N2O2S/c12-11(13,14)8-2-1-3-9(6-8)16-5-4-10(7-15)19(16,17)18/h1-3,6,10H,4-5,7,15H2. The van der Waals surface area contributed by atoms with E-state index < -0.39 is 27.0 Å². The predicted molar refractivity (Wildman–Crippen MR) is 65.2 cm³/mol. The minimum atomic E-state index is -4.49. The maximum Gasteiger partial charge on any atom is 0.416 e. The molecule has 0 amide bonds. The minimum absolute atomic E-state index is 0.0300. The lowest BCUT2D eigenvalue weighted by Crippen LogP contribution is -2.33. The topological polar surface area (TPSA) is 63.4 Å². The Morgan fingerprint density at radius 2 is 2.05 bits per heavy atom. The summed E-state index contributed by atoms with van der Waals surface area (Å²) < 4.78 is 62.9. The second kappa shape index (κ2) is 4.68. The van der Waals surface area contributed by atoms with E-state index in [0.29, 0.717) is 6.42 Å². The Labute approximate surface area is 109 Å². The van der Waals surface area contributed by atoms with Crippen molar-refractivity contribution in [2.45, 2.75) is 17.8 Å². The number of nitrogens with two attached hydrogens (primary N) is 1. The van der Waals surface area contributed by atoms with Crippen molar-refractivity contribution in [1.82, 2.24) is 0 Å². The smallest absolute Gasteiger partial charge is 0.329 e. The molecule has 0 aromatic heterocycles. The van der Waals surface area contributed by atoms with E-state index >= 15 is 0 Å². The van der Waals surface area contributed by atoms with Gasteiger partial charge in [0, 0.05) is 13.1 Å². The second-order valence-electron chi connectivity index (χ2n) is 4.31. The molecule has 1 fully saturated rings. The van der Waals surface area contributed by atoms with E-state index in [1.54, 1.807) is 0 Å². The number of rotatable bonds is 2. The molecule has 19 heavy (non-hydrogen) atoms. The summed E-state index contributed by atoms with van der Waals surface area (Å²) >= 11 is 0. The summed E-state index contributed by atoms with van der Waals surface area (Å²) in [6.07, 6.45) is -4.16. The highest BCUT2D eigenvalue weighted by Crippen LogP contribution is 2.34. The Morgan fingerprint density at radius 1 is 1.37 bits per heavy atom. The van der Waals surface area contributed by atoms with Crippen LogP contribution < -0.4 is 10.0 Å². The molecule has 1 atom stereocenters. The zero-order chi connectivity index (χ0) is 14.3. The first-order valence-corrected chi connectivity index (χ1v) is 7.16. The van der Waals surface area contributed by atoms with E-state index in [0.717, 1.165) is 16.4 Å². The lowest BCUT2D eigenvalue weighted by Gasteiger charge is -2.19. The van der Waals surface area contributed by atoms with Crippen molar-refractivity contribution in [3.8, 4) is 0 Å². The quantitative estimate of drug-likeness (QED) is 0.900. The molecule has 1 aromatic rings. The lowest BCUT2D eigenvalue weighted by atomic mass is 10.2. The largest absolute Gasteiger partial charge is 0.416 e. The average molecular weight is 294 g/mol. The molecular formula is C11H13F3N2O2S. The van der Waals surface area contributed by atoms with Gasteiger partial charge in [-0.1, -0.05) is 6.07 Å². The Bertz CT molecular complexity index is 572. The van der Waals surface area contributed by atoms with Gasteiger partial charge in [-0.15, -0.1) is 0 Å². The highest BCUT2D eigenvalue weighted by Gasteiger charge is 2.39. The molecule has 0 spiro atoms. The molecule has 106 valence electrons. The van der Waals surface area contributed by atoms with Gasteiger partial charge in [0.05, 0.1) is 16.5 Å². The molecule has 1 unspecified atom stereocenters. The number of alkyl halides is 3. The van der Waals surface area contributed by atoms with Gasteiger partial charge >= 0.3 is 6.18 Å². The Balaban J connectivity index is 2.39. The van der Waals surface area contributed by atoms with Gasteiger partial charge in [-0.05, 0) is 24.6 Å². The van der Waals surface area contributed by atoms with Gasteiger partial charge in [0.2, 0.25) is 10.0 Å². The van der Waals surface area contributed by atoms with E-state index in [4.69, 9.17) is 5.73 Å². The maximum atomic E-state index is 12.6. The molecule has 2 rings (SSSR count). The SMILES string of the molecule is NCC1CCN(c2cccc(C(F)(F)F)c2)S1(=O)=O. The van der Waals surface area contributed by atoms with Gasteiger partial charge in [-0.3, -0.25) is 4.31 Å². The highest BCUT2D eigenvalue weighted by atomic mass is 32.2. The van der Waals surface area contributed by atoms with Crippen molar-refractivity contribution in [3.63, 3.8) is 0 Å². The van der Waals surface area contributed by atoms with Crippen LogP contribution in [0.15, 0.2) is 24.3 Å². The third-order valence-electron chi connectivity index (χ3n) is 3.11. The molecule has 2 N–H and O–H groups in total. The number of hydrogen-bond donors (Lipinski definition) is 1. The van der Waals surface area contributed by atoms with Gasteiger partial charge in [0.1, 0.15) is 0 Å². The van der Waals surface area contributed by atoms with Crippen molar-refractivity contribution in [1.29, 1.82) is 0 Å². The second-order valence-corrected chi connectivity index (χ2v) is 6.45. The minimum Gasteiger partial charge on any atom is -0.329 e. The van der Waals surface area contributed by atoms with Gasteiger partial charge in [0.25, 0.3) is 0 Å². The molecule has 0 aliphatic carbocycles. The number of sulfonamides is 1. The van der Waals surface area contributed by atoms with Crippen molar-refractivity contribution >= 4 is 15.7 Å². The fraction of sp³-hybridized carbons (Fsp3) is 0.455. The van der Waals surface area contributed by atoms with Crippen LogP contribution >= 0.6 is 0 Å². The first-order chi connectivity index (χ1) is 8.76. The fourth-order valence-electron chi connectivity index (χ4n) is 2.07. The molecule has 1 aliphatic heterocycles. The molecule has 0 radical (unpaired) electrons. The number of benzene rings is 1. The van der Waals surface area contributed by atoms with Crippen LogP contribution in [0, 0.1) is 0 Å². The van der Waals surface area contributed by atoms with E-state index in [1.165, 1.54) is 12.1 Å². The third kappa shape index (κ3) is 2.55. The van der Waals surface area contributed by atoms with Crippen LogP contribution in [0.1, 0.15) is 12.0 Å². The molecule has 1 saturated heterocycles. The van der Waals surface area contributed by atoms with Gasteiger partial charge in [0.15, 0.2) is 0 Å². The van der Waals surface area contributed by atoms with Crippen LogP contribution in [0.2, 0.25) is 0 Å². The first-order valence-electron chi connectivity index (χ1n) is 5.65. The summed E-state index contributed by atoms with van der Waals surface area (Å²) in [5.74, 6) is 0. The first kappa shape index (κ1) is 14.1. The number of nitrogens with zero attached hydrogens (tertiary/aromatic N) is 1. The van der Waals surface area contributed by atoms with Gasteiger partial charge < -0.3 is 5.73 Å². The average Bonchev–Trinajstić information content (AvgIpc) is 2.63. The van der Waals surface area contributed by atoms with Crippen molar-refractivity contribution < 1.29 is 21.6 Å².